The maximum atomic E-state index is 10.8. The lowest BCUT2D eigenvalue weighted by molar-refractivity contribution is 0.153. The first-order chi connectivity index (χ1) is 5.33. The van der Waals surface area contributed by atoms with Crippen LogP contribution in [0.4, 0.5) is 4.79 Å². The summed E-state index contributed by atoms with van der Waals surface area (Å²) in [6.07, 6.45) is 4.29. The molecular formula is C8H14NO2. The summed E-state index contributed by atoms with van der Waals surface area (Å²) < 4.78 is 4.64. The van der Waals surface area contributed by atoms with Gasteiger partial charge in [-0.15, -0.1) is 0 Å². The van der Waals surface area contributed by atoms with Gasteiger partial charge in [0.2, 0.25) is 0 Å². The number of rotatable bonds is 2. The average Bonchev–Trinajstić information content (AvgIpc) is 2.40. The van der Waals surface area contributed by atoms with Gasteiger partial charge < -0.3 is 10.1 Å². The van der Waals surface area contributed by atoms with Gasteiger partial charge in [0, 0.05) is 6.04 Å². The lowest BCUT2D eigenvalue weighted by Crippen LogP contribution is -2.33. The van der Waals surface area contributed by atoms with Crippen LogP contribution in [0.15, 0.2) is 0 Å². The molecule has 1 amide bonds. The zero-order valence-corrected chi connectivity index (χ0v) is 6.64. The molecule has 0 bridgehead atoms. The fourth-order valence-electron chi connectivity index (χ4n) is 1.37. The third-order valence-corrected chi connectivity index (χ3v) is 1.91. The molecule has 0 spiro atoms. The number of alkyl carbamates (subject to hydrolysis) is 1. The van der Waals surface area contributed by atoms with Gasteiger partial charge >= 0.3 is 6.09 Å². The van der Waals surface area contributed by atoms with E-state index < -0.39 is 0 Å². The van der Waals surface area contributed by atoms with Crippen molar-refractivity contribution >= 4 is 6.09 Å². The highest BCUT2D eigenvalue weighted by molar-refractivity contribution is 5.67. The Bertz CT molecular complexity index is 130. The van der Waals surface area contributed by atoms with E-state index in [9.17, 15) is 4.79 Å². The van der Waals surface area contributed by atoms with E-state index in [1.807, 2.05) is 0 Å². The van der Waals surface area contributed by atoms with Crippen molar-refractivity contribution in [1.29, 1.82) is 0 Å². The van der Waals surface area contributed by atoms with Gasteiger partial charge in [-0.2, -0.15) is 0 Å². The molecule has 0 unspecified atom stereocenters. The number of amides is 1. The molecule has 1 N–H and O–H groups in total. The fourth-order valence-corrected chi connectivity index (χ4v) is 1.37. The normalized spacial score (nSPS) is 18.3. The van der Waals surface area contributed by atoms with Crippen molar-refractivity contribution in [2.45, 2.75) is 31.7 Å². The molecule has 3 heteroatoms. The van der Waals surface area contributed by atoms with E-state index in [0.29, 0.717) is 6.04 Å². The Kier molecular flexibility index (Phi) is 3.20. The summed E-state index contributed by atoms with van der Waals surface area (Å²) in [6, 6.07) is 0.342. The van der Waals surface area contributed by atoms with Gasteiger partial charge in [-0.1, -0.05) is 12.8 Å². The summed E-state index contributed by atoms with van der Waals surface area (Å²) >= 11 is 0. The topological polar surface area (TPSA) is 38.3 Å². The Morgan fingerprint density at radius 2 is 2.18 bits per heavy atom. The zero-order chi connectivity index (χ0) is 8.10. The first kappa shape index (κ1) is 8.37. The van der Waals surface area contributed by atoms with Crippen LogP contribution in [0.2, 0.25) is 0 Å². The minimum Gasteiger partial charge on any atom is -0.450 e. The van der Waals surface area contributed by atoms with Crippen molar-refractivity contribution in [3.05, 3.63) is 6.92 Å². The third kappa shape index (κ3) is 2.78. The highest BCUT2D eigenvalue weighted by Crippen LogP contribution is 2.17. The van der Waals surface area contributed by atoms with Crippen LogP contribution in [-0.2, 0) is 4.74 Å². The number of carbonyl (C=O) groups excluding carboxylic acids is 1. The Morgan fingerprint density at radius 1 is 1.55 bits per heavy atom. The summed E-state index contributed by atoms with van der Waals surface area (Å²) in [5.74, 6) is 0. The first-order valence-electron chi connectivity index (χ1n) is 4.05. The van der Waals surface area contributed by atoms with Crippen molar-refractivity contribution in [2.75, 3.05) is 6.61 Å². The molecule has 1 rings (SSSR count). The lowest BCUT2D eigenvalue weighted by Gasteiger charge is -2.10. The summed E-state index contributed by atoms with van der Waals surface area (Å²) in [4.78, 5) is 10.8. The molecule has 0 aromatic rings. The second-order valence-corrected chi connectivity index (χ2v) is 2.76. The minimum absolute atomic E-state index is 0.207. The van der Waals surface area contributed by atoms with E-state index in [4.69, 9.17) is 0 Å². The van der Waals surface area contributed by atoms with Crippen molar-refractivity contribution in [3.63, 3.8) is 0 Å². The molecule has 63 valence electrons. The maximum absolute atomic E-state index is 10.8. The monoisotopic (exact) mass is 156 g/mol. The molecule has 1 radical (unpaired) electrons. The molecule has 1 saturated carbocycles. The average molecular weight is 156 g/mol. The van der Waals surface area contributed by atoms with E-state index in [1.54, 1.807) is 0 Å². The standard InChI is InChI=1S/C8H14NO2/c1-2-11-8(10)9-7-5-3-4-6-7/h7H,1-6H2,(H,9,10). The SMILES string of the molecule is [CH2]COC(=O)NC1CCCC1. The fraction of sp³-hybridized carbons (Fsp3) is 0.750. The van der Waals surface area contributed by atoms with Crippen LogP contribution < -0.4 is 5.32 Å². The van der Waals surface area contributed by atoms with Crippen LogP contribution >= 0.6 is 0 Å². The van der Waals surface area contributed by atoms with Gasteiger partial charge in [-0.25, -0.2) is 4.79 Å². The van der Waals surface area contributed by atoms with E-state index in [1.165, 1.54) is 12.8 Å². The molecule has 0 aromatic heterocycles. The minimum atomic E-state index is -0.327. The van der Waals surface area contributed by atoms with Gasteiger partial charge in [-0.3, -0.25) is 0 Å². The van der Waals surface area contributed by atoms with Crippen LogP contribution in [0.1, 0.15) is 25.7 Å². The molecule has 0 heterocycles. The summed E-state index contributed by atoms with van der Waals surface area (Å²) in [7, 11) is 0. The zero-order valence-electron chi connectivity index (χ0n) is 6.64. The smallest absolute Gasteiger partial charge is 0.407 e. The number of carbonyl (C=O) groups is 1. The predicted octanol–water partition coefficient (Wildman–Crippen LogP) is 1.49. The number of hydrogen-bond acceptors (Lipinski definition) is 2. The van der Waals surface area contributed by atoms with Crippen molar-refractivity contribution < 1.29 is 9.53 Å². The largest absolute Gasteiger partial charge is 0.450 e. The molecule has 0 atom stereocenters. The summed E-state index contributed by atoms with van der Waals surface area (Å²) in [5.41, 5.74) is 0. The van der Waals surface area contributed by atoms with E-state index in [2.05, 4.69) is 17.0 Å². The highest BCUT2D eigenvalue weighted by Gasteiger charge is 2.16. The summed E-state index contributed by atoms with van der Waals surface area (Å²) in [5, 5.41) is 2.78. The Labute approximate surface area is 67.1 Å². The maximum Gasteiger partial charge on any atom is 0.407 e. The van der Waals surface area contributed by atoms with Crippen molar-refractivity contribution in [2.24, 2.45) is 0 Å². The molecular weight excluding hydrogens is 142 g/mol. The van der Waals surface area contributed by atoms with Crippen molar-refractivity contribution in [1.82, 2.24) is 5.32 Å². The molecule has 0 aliphatic heterocycles. The van der Waals surface area contributed by atoms with E-state index in [-0.39, 0.29) is 12.7 Å². The Hall–Kier alpha value is -0.730. The molecule has 0 saturated heterocycles. The van der Waals surface area contributed by atoms with Crippen LogP contribution in [-0.4, -0.2) is 18.7 Å². The molecule has 3 nitrogen and oxygen atoms in total. The Balaban J connectivity index is 2.13. The van der Waals surface area contributed by atoms with Gasteiger partial charge in [0.1, 0.15) is 0 Å². The first-order valence-corrected chi connectivity index (χ1v) is 4.05. The number of nitrogens with one attached hydrogen (secondary N) is 1. The second kappa shape index (κ2) is 4.21. The molecule has 1 fully saturated rings. The van der Waals surface area contributed by atoms with Crippen LogP contribution in [0.5, 0.6) is 0 Å². The van der Waals surface area contributed by atoms with Gasteiger partial charge in [0.05, 0.1) is 6.61 Å². The van der Waals surface area contributed by atoms with E-state index >= 15 is 0 Å². The second-order valence-electron chi connectivity index (χ2n) is 2.76. The molecule has 0 aromatic carbocycles. The summed E-state index contributed by atoms with van der Waals surface area (Å²) in [6.45, 7) is 3.62. The number of ether oxygens (including phenoxy) is 1. The van der Waals surface area contributed by atoms with Gasteiger partial charge in [0.15, 0.2) is 0 Å². The lowest BCUT2D eigenvalue weighted by atomic mass is 10.3. The highest BCUT2D eigenvalue weighted by atomic mass is 16.5. The van der Waals surface area contributed by atoms with Gasteiger partial charge in [0.25, 0.3) is 0 Å². The van der Waals surface area contributed by atoms with Crippen LogP contribution in [0.3, 0.4) is 0 Å². The van der Waals surface area contributed by atoms with E-state index in [0.717, 1.165) is 12.8 Å². The third-order valence-electron chi connectivity index (χ3n) is 1.91. The quantitative estimate of drug-likeness (QED) is 0.657. The number of hydrogen-bond donors (Lipinski definition) is 1. The van der Waals surface area contributed by atoms with Crippen LogP contribution in [0, 0.1) is 6.92 Å². The van der Waals surface area contributed by atoms with Crippen molar-refractivity contribution in [3.8, 4) is 0 Å². The Morgan fingerprint density at radius 3 is 2.73 bits per heavy atom. The predicted molar refractivity (Wildman–Crippen MR) is 42.1 cm³/mol. The molecule has 11 heavy (non-hydrogen) atoms. The molecule has 1 aliphatic rings. The van der Waals surface area contributed by atoms with Crippen LogP contribution in [0.25, 0.3) is 0 Å². The van der Waals surface area contributed by atoms with Gasteiger partial charge in [-0.05, 0) is 19.8 Å². The molecule has 1 aliphatic carbocycles.